The third-order valence-electron chi connectivity index (χ3n) is 5.36. The second-order valence-corrected chi connectivity index (χ2v) is 7.74. The van der Waals surface area contributed by atoms with Crippen molar-refractivity contribution in [3.8, 4) is 5.88 Å². The topological polar surface area (TPSA) is 117 Å². The van der Waals surface area contributed by atoms with Crippen LogP contribution in [0.15, 0.2) is 15.1 Å². The van der Waals surface area contributed by atoms with Crippen LogP contribution in [-0.2, 0) is 0 Å². The Labute approximate surface area is 153 Å². The molecule has 1 aliphatic heterocycles. The van der Waals surface area contributed by atoms with Crippen LogP contribution in [0, 0.1) is 6.92 Å². The molecule has 3 heterocycles. The molecule has 2 atom stereocenters. The van der Waals surface area contributed by atoms with Crippen LogP contribution in [-0.4, -0.2) is 33.0 Å². The molecule has 2 aromatic heterocycles. The summed E-state index contributed by atoms with van der Waals surface area (Å²) in [5.41, 5.74) is 1.43. The molecular weight excluding hydrogens is 356 g/mol. The summed E-state index contributed by atoms with van der Waals surface area (Å²) in [6.45, 7) is 2.24. The predicted molar refractivity (Wildman–Crippen MR) is 96.1 cm³/mol. The molecule has 1 saturated carbocycles. The van der Waals surface area contributed by atoms with Gasteiger partial charge >= 0.3 is 5.69 Å². The lowest BCUT2D eigenvalue weighted by atomic mass is 9.72. The number of nitrogens with one attached hydrogen (secondary N) is 3. The Balaban J connectivity index is 1.52. The van der Waals surface area contributed by atoms with Crippen molar-refractivity contribution in [3.63, 3.8) is 0 Å². The van der Waals surface area contributed by atoms with Gasteiger partial charge in [-0.15, -0.1) is 11.3 Å². The molecule has 0 spiro atoms. The van der Waals surface area contributed by atoms with E-state index in [4.69, 9.17) is 4.74 Å². The first-order valence-corrected chi connectivity index (χ1v) is 9.62. The number of nitrogens with zero attached hydrogens (tertiary/aromatic N) is 1. The fraction of sp³-hybridized carbons (Fsp3) is 0.529. The van der Waals surface area contributed by atoms with Crippen molar-refractivity contribution in [2.75, 3.05) is 6.54 Å². The van der Waals surface area contributed by atoms with Gasteiger partial charge in [0.1, 0.15) is 10.5 Å². The summed E-state index contributed by atoms with van der Waals surface area (Å²) in [5, 5.41) is 2.93. The van der Waals surface area contributed by atoms with Gasteiger partial charge in [0.05, 0.1) is 16.8 Å². The number of hydrogen-bond acceptors (Lipinski definition) is 6. The van der Waals surface area contributed by atoms with Crippen LogP contribution in [0.5, 0.6) is 5.88 Å². The Morgan fingerprint density at radius 1 is 1.42 bits per heavy atom. The molecule has 138 valence electrons. The number of thiazole rings is 1. The molecular formula is C17H20N4O4S. The Hall–Kier alpha value is -2.42. The minimum atomic E-state index is -0.559. The van der Waals surface area contributed by atoms with Crippen LogP contribution in [0.3, 0.4) is 0 Å². The molecule has 1 amide bonds. The van der Waals surface area contributed by atoms with Gasteiger partial charge in [0, 0.05) is 18.9 Å². The van der Waals surface area contributed by atoms with Gasteiger partial charge in [-0.3, -0.25) is 19.6 Å². The minimum Gasteiger partial charge on any atom is -0.471 e. The molecule has 0 bridgehead atoms. The van der Waals surface area contributed by atoms with Crippen LogP contribution >= 0.6 is 11.3 Å². The molecule has 2 aliphatic rings. The van der Waals surface area contributed by atoms with Gasteiger partial charge in [0.25, 0.3) is 11.5 Å². The predicted octanol–water partition coefficient (Wildman–Crippen LogP) is 1.44. The highest BCUT2D eigenvalue weighted by Gasteiger charge is 2.51. The Bertz CT molecular complexity index is 962. The SMILES string of the molecule is Cc1ncsc1C(=O)NCC[C@@]12CCCC[C@@H]1c1c([nH]c(=O)[nH]c1=O)O2. The van der Waals surface area contributed by atoms with E-state index in [1.807, 2.05) is 0 Å². The molecule has 1 aliphatic carbocycles. The van der Waals surface area contributed by atoms with Crippen molar-refractivity contribution in [1.82, 2.24) is 20.3 Å². The van der Waals surface area contributed by atoms with Gasteiger partial charge in [-0.2, -0.15) is 0 Å². The smallest absolute Gasteiger partial charge is 0.328 e. The minimum absolute atomic E-state index is 0.0612. The molecule has 0 saturated heterocycles. The third-order valence-corrected chi connectivity index (χ3v) is 6.29. The van der Waals surface area contributed by atoms with Crippen molar-refractivity contribution >= 4 is 17.2 Å². The van der Waals surface area contributed by atoms with E-state index in [1.165, 1.54) is 11.3 Å². The quantitative estimate of drug-likeness (QED) is 0.746. The van der Waals surface area contributed by atoms with Crippen LogP contribution in [0.4, 0.5) is 0 Å². The first-order chi connectivity index (χ1) is 12.5. The number of aromatic nitrogens is 3. The van der Waals surface area contributed by atoms with E-state index >= 15 is 0 Å². The van der Waals surface area contributed by atoms with Crippen molar-refractivity contribution < 1.29 is 9.53 Å². The van der Waals surface area contributed by atoms with Gasteiger partial charge in [-0.05, 0) is 26.2 Å². The first kappa shape index (κ1) is 17.0. The number of ether oxygens (including phenoxy) is 1. The molecule has 2 aromatic rings. The van der Waals surface area contributed by atoms with Crippen LogP contribution in [0.25, 0.3) is 0 Å². The van der Waals surface area contributed by atoms with E-state index in [1.54, 1.807) is 12.4 Å². The summed E-state index contributed by atoms with van der Waals surface area (Å²) in [5.74, 6) is 0.0831. The summed E-state index contributed by atoms with van der Waals surface area (Å²) in [7, 11) is 0. The number of fused-ring (bicyclic) bond motifs is 3. The maximum Gasteiger partial charge on any atom is 0.328 e. The lowest BCUT2D eigenvalue weighted by Gasteiger charge is -2.38. The number of carbonyl (C=O) groups is 1. The molecule has 1 fully saturated rings. The Morgan fingerprint density at radius 3 is 3.04 bits per heavy atom. The lowest BCUT2D eigenvalue weighted by molar-refractivity contribution is 0.0245. The zero-order chi connectivity index (χ0) is 18.3. The summed E-state index contributed by atoms with van der Waals surface area (Å²) in [6.07, 6.45) is 4.22. The van der Waals surface area contributed by atoms with Gasteiger partial charge in [0.2, 0.25) is 5.88 Å². The first-order valence-electron chi connectivity index (χ1n) is 8.74. The summed E-state index contributed by atoms with van der Waals surface area (Å²) in [6, 6.07) is 0. The summed E-state index contributed by atoms with van der Waals surface area (Å²) in [4.78, 5) is 45.8. The second-order valence-electron chi connectivity index (χ2n) is 6.89. The van der Waals surface area contributed by atoms with Gasteiger partial charge in [-0.25, -0.2) is 9.78 Å². The average molecular weight is 376 g/mol. The van der Waals surface area contributed by atoms with Crippen LogP contribution in [0.1, 0.15) is 59.0 Å². The standard InChI is InChI=1S/C17H20N4O4S/c1-9-12(26-8-19-9)14(23)18-7-6-17-5-3-2-4-10(17)11-13(22)20-16(24)21-15(11)25-17/h8,10H,2-7H2,1H3,(H,18,23)(H2,20,21,22,24)/t10-,17+/m1/s1. The third kappa shape index (κ3) is 2.76. The zero-order valence-electron chi connectivity index (χ0n) is 14.4. The molecule has 3 N–H and O–H groups in total. The monoisotopic (exact) mass is 376 g/mol. The number of carbonyl (C=O) groups excluding carboxylic acids is 1. The van der Waals surface area contributed by atoms with Crippen molar-refractivity contribution in [1.29, 1.82) is 0 Å². The molecule has 9 heteroatoms. The van der Waals surface area contributed by atoms with Crippen LogP contribution in [0.2, 0.25) is 0 Å². The zero-order valence-corrected chi connectivity index (χ0v) is 15.2. The number of hydrogen-bond donors (Lipinski definition) is 3. The number of amides is 1. The maximum atomic E-state index is 12.3. The van der Waals surface area contributed by atoms with Gasteiger partial charge < -0.3 is 10.1 Å². The molecule has 0 aromatic carbocycles. The van der Waals surface area contributed by atoms with Crippen LogP contribution < -0.4 is 21.3 Å². The molecule has 8 nitrogen and oxygen atoms in total. The van der Waals surface area contributed by atoms with E-state index in [-0.39, 0.29) is 23.3 Å². The van der Waals surface area contributed by atoms with E-state index in [0.29, 0.717) is 23.4 Å². The van der Waals surface area contributed by atoms with Crippen molar-refractivity contribution in [2.24, 2.45) is 0 Å². The fourth-order valence-electron chi connectivity index (χ4n) is 4.15. The highest BCUT2D eigenvalue weighted by atomic mass is 32.1. The molecule has 4 rings (SSSR count). The highest BCUT2D eigenvalue weighted by molar-refractivity contribution is 7.11. The number of rotatable bonds is 4. The molecule has 26 heavy (non-hydrogen) atoms. The number of aromatic amines is 2. The maximum absolute atomic E-state index is 12.3. The Morgan fingerprint density at radius 2 is 2.27 bits per heavy atom. The van der Waals surface area contributed by atoms with E-state index < -0.39 is 11.3 Å². The van der Waals surface area contributed by atoms with E-state index in [2.05, 4.69) is 20.3 Å². The highest BCUT2D eigenvalue weighted by Crippen LogP contribution is 2.51. The summed E-state index contributed by atoms with van der Waals surface area (Å²) < 4.78 is 6.12. The molecule has 0 radical (unpaired) electrons. The lowest BCUT2D eigenvalue weighted by Crippen LogP contribution is -2.44. The number of aryl methyl sites for hydroxylation is 1. The fourth-order valence-corrected chi connectivity index (χ4v) is 4.87. The van der Waals surface area contributed by atoms with Crippen molar-refractivity contribution in [2.45, 2.75) is 50.5 Å². The number of H-pyrrole nitrogens is 2. The second kappa shape index (κ2) is 6.39. The average Bonchev–Trinajstić information content (AvgIpc) is 3.15. The molecule has 0 unspecified atom stereocenters. The van der Waals surface area contributed by atoms with Gasteiger partial charge in [-0.1, -0.05) is 6.42 Å². The summed E-state index contributed by atoms with van der Waals surface area (Å²) >= 11 is 1.32. The normalized spacial score (nSPS) is 23.8. The largest absolute Gasteiger partial charge is 0.471 e. The van der Waals surface area contributed by atoms with Crippen molar-refractivity contribution in [3.05, 3.63) is 42.5 Å². The van der Waals surface area contributed by atoms with E-state index in [0.717, 1.165) is 31.4 Å². The van der Waals surface area contributed by atoms with Gasteiger partial charge in [0.15, 0.2) is 0 Å². The Kier molecular flexibility index (Phi) is 4.18. The van der Waals surface area contributed by atoms with E-state index in [9.17, 15) is 14.4 Å².